The maximum atomic E-state index is 13.4. The lowest BCUT2D eigenvalue weighted by Gasteiger charge is -2.40. The molecule has 3 heteroatoms. The van der Waals surface area contributed by atoms with Crippen LogP contribution in [-0.2, 0) is 0 Å². The number of β-amino-alcohol motifs (C(OH)–C–C–N with tert-alkyl or cyclic N) is 1. The van der Waals surface area contributed by atoms with Crippen molar-refractivity contribution in [2.45, 2.75) is 37.8 Å². The molecule has 1 aliphatic carbocycles. The van der Waals surface area contributed by atoms with Crippen molar-refractivity contribution in [1.82, 2.24) is 5.32 Å². The Morgan fingerprint density at radius 3 is 2.69 bits per heavy atom. The van der Waals surface area contributed by atoms with Gasteiger partial charge in [0.05, 0.1) is 6.10 Å². The highest BCUT2D eigenvalue weighted by atomic mass is 19.1. The standard InChI is InChI=1S/C13H18FNO/c1-13(7-4-8-13)15-9-12(16)10-5-2-3-6-11(10)14/h2-3,5-6,12,15-16H,4,7-9H2,1H3. The van der Waals surface area contributed by atoms with Crippen LogP contribution >= 0.6 is 0 Å². The van der Waals surface area contributed by atoms with Crippen molar-refractivity contribution in [2.75, 3.05) is 6.54 Å². The van der Waals surface area contributed by atoms with Crippen LogP contribution in [0.1, 0.15) is 37.9 Å². The zero-order valence-electron chi connectivity index (χ0n) is 9.54. The summed E-state index contributed by atoms with van der Waals surface area (Å²) >= 11 is 0. The topological polar surface area (TPSA) is 32.3 Å². The van der Waals surface area contributed by atoms with Crippen LogP contribution in [0.3, 0.4) is 0 Å². The summed E-state index contributed by atoms with van der Waals surface area (Å²) in [4.78, 5) is 0. The Morgan fingerprint density at radius 1 is 1.44 bits per heavy atom. The monoisotopic (exact) mass is 223 g/mol. The average molecular weight is 223 g/mol. The SMILES string of the molecule is CC1(NCC(O)c2ccccc2F)CCC1. The third kappa shape index (κ3) is 2.42. The van der Waals surface area contributed by atoms with E-state index in [4.69, 9.17) is 0 Å². The van der Waals surface area contributed by atoms with Crippen molar-refractivity contribution < 1.29 is 9.50 Å². The van der Waals surface area contributed by atoms with Crippen molar-refractivity contribution in [3.05, 3.63) is 35.6 Å². The number of halogens is 1. The molecule has 0 aromatic heterocycles. The first-order valence-corrected chi connectivity index (χ1v) is 5.78. The van der Waals surface area contributed by atoms with Crippen LogP contribution in [0.4, 0.5) is 4.39 Å². The Labute approximate surface area is 95.5 Å². The first kappa shape index (κ1) is 11.6. The molecule has 0 spiro atoms. The predicted octanol–water partition coefficient (Wildman–Crippen LogP) is 2.39. The van der Waals surface area contributed by atoms with Crippen LogP contribution in [0.5, 0.6) is 0 Å². The molecule has 2 nitrogen and oxygen atoms in total. The van der Waals surface area contributed by atoms with E-state index in [1.807, 2.05) is 0 Å². The summed E-state index contributed by atoms with van der Waals surface area (Å²) in [5.74, 6) is -0.337. The normalized spacial score (nSPS) is 20.2. The molecule has 16 heavy (non-hydrogen) atoms. The minimum atomic E-state index is -0.765. The lowest BCUT2D eigenvalue weighted by Crippen LogP contribution is -2.49. The van der Waals surface area contributed by atoms with Gasteiger partial charge in [-0.15, -0.1) is 0 Å². The van der Waals surface area contributed by atoms with Crippen LogP contribution in [0.15, 0.2) is 24.3 Å². The predicted molar refractivity (Wildman–Crippen MR) is 61.6 cm³/mol. The third-order valence-corrected chi connectivity index (χ3v) is 3.44. The van der Waals surface area contributed by atoms with Crippen LogP contribution < -0.4 is 5.32 Å². The van der Waals surface area contributed by atoms with Crippen LogP contribution in [0, 0.1) is 5.82 Å². The lowest BCUT2D eigenvalue weighted by atomic mass is 9.78. The molecule has 1 unspecified atom stereocenters. The lowest BCUT2D eigenvalue weighted by molar-refractivity contribution is 0.129. The van der Waals surface area contributed by atoms with Gasteiger partial charge in [0.1, 0.15) is 5.82 Å². The Morgan fingerprint density at radius 2 is 2.12 bits per heavy atom. The van der Waals surface area contributed by atoms with Gasteiger partial charge in [-0.1, -0.05) is 18.2 Å². The van der Waals surface area contributed by atoms with Gasteiger partial charge in [0, 0.05) is 17.6 Å². The van der Waals surface area contributed by atoms with Gasteiger partial charge in [-0.25, -0.2) is 4.39 Å². The molecule has 0 saturated heterocycles. The molecule has 1 fully saturated rings. The van der Waals surface area contributed by atoms with Gasteiger partial charge in [0.2, 0.25) is 0 Å². The van der Waals surface area contributed by atoms with E-state index in [0.29, 0.717) is 12.1 Å². The number of aliphatic hydroxyl groups is 1. The van der Waals surface area contributed by atoms with Gasteiger partial charge < -0.3 is 10.4 Å². The average Bonchev–Trinajstić information content (AvgIpc) is 2.24. The number of hydrogen-bond donors (Lipinski definition) is 2. The number of aliphatic hydroxyl groups excluding tert-OH is 1. The Balaban J connectivity index is 1.93. The highest BCUT2D eigenvalue weighted by Crippen LogP contribution is 2.31. The van der Waals surface area contributed by atoms with Gasteiger partial charge in [0.15, 0.2) is 0 Å². The summed E-state index contributed by atoms with van der Waals surface area (Å²) < 4.78 is 13.4. The molecule has 2 rings (SSSR count). The van der Waals surface area contributed by atoms with E-state index >= 15 is 0 Å². The molecule has 1 saturated carbocycles. The fourth-order valence-electron chi connectivity index (χ4n) is 2.08. The smallest absolute Gasteiger partial charge is 0.129 e. The number of benzene rings is 1. The van der Waals surface area contributed by atoms with Gasteiger partial charge in [0.25, 0.3) is 0 Å². The molecular formula is C13H18FNO. The highest BCUT2D eigenvalue weighted by Gasteiger charge is 2.31. The summed E-state index contributed by atoms with van der Waals surface area (Å²) in [5, 5.41) is 13.2. The summed E-state index contributed by atoms with van der Waals surface area (Å²) in [5.41, 5.74) is 0.518. The maximum absolute atomic E-state index is 13.4. The Hall–Kier alpha value is -0.930. The largest absolute Gasteiger partial charge is 0.387 e. The van der Waals surface area contributed by atoms with E-state index in [2.05, 4.69) is 12.2 Å². The second-order valence-corrected chi connectivity index (χ2v) is 4.83. The molecule has 0 bridgehead atoms. The molecule has 0 heterocycles. The number of nitrogens with one attached hydrogen (secondary N) is 1. The van der Waals surface area contributed by atoms with Crippen molar-refractivity contribution in [3.8, 4) is 0 Å². The summed E-state index contributed by atoms with van der Waals surface area (Å²) in [6, 6.07) is 6.38. The third-order valence-electron chi connectivity index (χ3n) is 3.44. The summed E-state index contributed by atoms with van der Waals surface area (Å²) in [6.45, 7) is 2.56. The van der Waals surface area contributed by atoms with Crippen molar-refractivity contribution in [3.63, 3.8) is 0 Å². The molecule has 2 N–H and O–H groups in total. The maximum Gasteiger partial charge on any atom is 0.129 e. The second kappa shape index (κ2) is 4.52. The zero-order chi connectivity index (χ0) is 11.6. The minimum absolute atomic E-state index is 0.145. The van der Waals surface area contributed by atoms with E-state index in [-0.39, 0.29) is 11.4 Å². The molecule has 0 amide bonds. The van der Waals surface area contributed by atoms with Gasteiger partial charge in [-0.05, 0) is 32.3 Å². The quantitative estimate of drug-likeness (QED) is 0.821. The van der Waals surface area contributed by atoms with E-state index in [1.165, 1.54) is 12.5 Å². The van der Waals surface area contributed by atoms with Crippen molar-refractivity contribution in [2.24, 2.45) is 0 Å². The minimum Gasteiger partial charge on any atom is -0.387 e. The van der Waals surface area contributed by atoms with Gasteiger partial charge in [-0.2, -0.15) is 0 Å². The fraction of sp³-hybridized carbons (Fsp3) is 0.538. The Kier molecular flexibility index (Phi) is 3.26. The van der Waals surface area contributed by atoms with E-state index in [0.717, 1.165) is 12.8 Å². The molecule has 1 aliphatic rings. The first-order valence-electron chi connectivity index (χ1n) is 5.78. The fourth-order valence-corrected chi connectivity index (χ4v) is 2.08. The number of rotatable bonds is 4. The van der Waals surface area contributed by atoms with Crippen molar-refractivity contribution >= 4 is 0 Å². The second-order valence-electron chi connectivity index (χ2n) is 4.83. The molecular weight excluding hydrogens is 205 g/mol. The zero-order valence-corrected chi connectivity index (χ0v) is 9.54. The van der Waals surface area contributed by atoms with Crippen LogP contribution in [-0.4, -0.2) is 17.2 Å². The molecule has 88 valence electrons. The molecule has 1 atom stereocenters. The van der Waals surface area contributed by atoms with E-state index in [9.17, 15) is 9.50 Å². The van der Waals surface area contributed by atoms with Crippen LogP contribution in [0.2, 0.25) is 0 Å². The van der Waals surface area contributed by atoms with Crippen LogP contribution in [0.25, 0.3) is 0 Å². The van der Waals surface area contributed by atoms with E-state index in [1.54, 1.807) is 18.2 Å². The highest BCUT2D eigenvalue weighted by molar-refractivity contribution is 5.20. The Bertz CT molecular complexity index is 363. The molecule has 0 radical (unpaired) electrons. The van der Waals surface area contributed by atoms with E-state index < -0.39 is 6.10 Å². The van der Waals surface area contributed by atoms with Gasteiger partial charge in [-0.3, -0.25) is 0 Å². The first-order chi connectivity index (χ1) is 7.61. The number of hydrogen-bond acceptors (Lipinski definition) is 2. The molecule has 1 aromatic rings. The summed E-state index contributed by atoms with van der Waals surface area (Å²) in [7, 11) is 0. The van der Waals surface area contributed by atoms with Crippen molar-refractivity contribution in [1.29, 1.82) is 0 Å². The van der Waals surface area contributed by atoms with Gasteiger partial charge >= 0.3 is 0 Å². The summed E-state index contributed by atoms with van der Waals surface area (Å²) in [6.07, 6.45) is 2.74. The molecule has 0 aliphatic heterocycles. The molecule has 1 aromatic carbocycles.